The molecule has 3 aromatic carbocycles. The van der Waals surface area contributed by atoms with Gasteiger partial charge in [-0.05, 0) is 66.0 Å². The number of fused-ring (bicyclic) bond motifs is 1. The molecule has 1 amide bonds. The number of nitrogens with one attached hydrogen (secondary N) is 1. The minimum atomic E-state index is -0.716. The summed E-state index contributed by atoms with van der Waals surface area (Å²) in [5.74, 6) is -0.326. The van der Waals surface area contributed by atoms with Gasteiger partial charge < -0.3 is 16.8 Å². The smallest absolute Gasteiger partial charge is 0.237 e. The molecule has 0 bridgehead atoms. The van der Waals surface area contributed by atoms with Crippen molar-refractivity contribution in [2.75, 3.05) is 6.54 Å². The van der Waals surface area contributed by atoms with Gasteiger partial charge in [-0.3, -0.25) is 9.59 Å². The first-order valence-corrected chi connectivity index (χ1v) is 10.9. The van der Waals surface area contributed by atoms with Crippen molar-refractivity contribution in [1.29, 1.82) is 0 Å². The molecule has 0 saturated heterocycles. The molecule has 0 spiro atoms. The van der Waals surface area contributed by atoms with E-state index in [4.69, 9.17) is 11.5 Å². The number of hydrogen-bond donors (Lipinski definition) is 3. The van der Waals surface area contributed by atoms with Gasteiger partial charge in [0.1, 0.15) is 0 Å². The van der Waals surface area contributed by atoms with E-state index in [-0.39, 0.29) is 11.0 Å². The van der Waals surface area contributed by atoms with Crippen molar-refractivity contribution in [3.63, 3.8) is 0 Å². The number of thioether (sulfide) groups is 1. The van der Waals surface area contributed by atoms with Crippen molar-refractivity contribution >= 4 is 33.6 Å². The van der Waals surface area contributed by atoms with Crippen LogP contribution in [0.2, 0.25) is 0 Å². The Labute approximate surface area is 181 Å². The number of nitrogens with two attached hydrogens (primary N) is 2. The van der Waals surface area contributed by atoms with Crippen LogP contribution in [0.3, 0.4) is 0 Å². The molecule has 0 fully saturated rings. The number of carbonyl (C=O) groups is 2. The Morgan fingerprint density at radius 2 is 1.63 bits per heavy atom. The minimum Gasteiger partial charge on any atom is -0.344 e. The molecule has 3 rings (SSSR count). The molecule has 2 atom stereocenters. The first kappa shape index (κ1) is 22.0. The molecule has 0 unspecified atom stereocenters. The monoisotopic (exact) mass is 421 g/mol. The van der Waals surface area contributed by atoms with Crippen LogP contribution in [0.5, 0.6) is 0 Å². The summed E-state index contributed by atoms with van der Waals surface area (Å²) in [4.78, 5) is 26.4. The third-order valence-electron chi connectivity index (χ3n) is 4.87. The molecule has 0 radical (unpaired) electrons. The maximum absolute atomic E-state index is 12.9. The van der Waals surface area contributed by atoms with Gasteiger partial charge in [0, 0.05) is 4.90 Å². The van der Waals surface area contributed by atoms with Crippen LogP contribution >= 0.6 is 11.8 Å². The fraction of sp³-hybridized carbons (Fsp3) is 0.250. The van der Waals surface area contributed by atoms with Crippen LogP contribution in [-0.4, -0.2) is 29.7 Å². The zero-order valence-corrected chi connectivity index (χ0v) is 17.6. The fourth-order valence-corrected chi connectivity index (χ4v) is 4.10. The largest absolute Gasteiger partial charge is 0.344 e. The van der Waals surface area contributed by atoms with Crippen LogP contribution in [0.25, 0.3) is 10.8 Å². The zero-order valence-electron chi connectivity index (χ0n) is 16.8. The maximum Gasteiger partial charge on any atom is 0.237 e. The third kappa shape index (κ3) is 6.16. The van der Waals surface area contributed by atoms with E-state index in [0.29, 0.717) is 25.8 Å². The summed E-state index contributed by atoms with van der Waals surface area (Å²) in [6, 6.07) is 22.2. The highest BCUT2D eigenvalue weighted by molar-refractivity contribution is 8.13. The Balaban J connectivity index is 1.65. The van der Waals surface area contributed by atoms with Crippen LogP contribution in [0.1, 0.15) is 18.4 Å². The molecule has 0 aromatic heterocycles. The van der Waals surface area contributed by atoms with Gasteiger partial charge in [0.15, 0.2) is 0 Å². The molecule has 0 heterocycles. The normalized spacial score (nSPS) is 13.0. The summed E-state index contributed by atoms with van der Waals surface area (Å²) in [6.45, 7) is 0.455. The van der Waals surface area contributed by atoms with E-state index in [9.17, 15) is 9.59 Å². The predicted molar refractivity (Wildman–Crippen MR) is 123 cm³/mol. The predicted octanol–water partition coefficient (Wildman–Crippen LogP) is 3.25. The van der Waals surface area contributed by atoms with Gasteiger partial charge in [-0.2, -0.15) is 0 Å². The lowest BCUT2D eigenvalue weighted by atomic mass is 10.1. The van der Waals surface area contributed by atoms with Crippen molar-refractivity contribution in [2.24, 2.45) is 11.5 Å². The highest BCUT2D eigenvalue weighted by atomic mass is 32.2. The van der Waals surface area contributed by atoms with Crippen molar-refractivity contribution in [3.8, 4) is 0 Å². The molecule has 0 aliphatic rings. The van der Waals surface area contributed by atoms with Crippen LogP contribution in [0.4, 0.5) is 0 Å². The van der Waals surface area contributed by atoms with E-state index in [0.717, 1.165) is 33.0 Å². The lowest BCUT2D eigenvalue weighted by Gasteiger charge is -2.20. The number of carbonyl (C=O) groups excluding carboxylic acids is 2. The fourth-order valence-electron chi connectivity index (χ4n) is 3.23. The summed E-state index contributed by atoms with van der Waals surface area (Å²) >= 11 is 1.14. The van der Waals surface area contributed by atoms with Crippen molar-refractivity contribution in [2.45, 2.75) is 36.2 Å². The topological polar surface area (TPSA) is 98.2 Å². The van der Waals surface area contributed by atoms with Crippen LogP contribution in [-0.2, 0) is 16.0 Å². The summed E-state index contributed by atoms with van der Waals surface area (Å²) in [7, 11) is 0. The van der Waals surface area contributed by atoms with Gasteiger partial charge in [0.05, 0.1) is 12.1 Å². The average Bonchev–Trinajstić information content (AvgIpc) is 2.77. The van der Waals surface area contributed by atoms with Gasteiger partial charge in [-0.25, -0.2) is 0 Å². The number of rotatable bonds is 9. The van der Waals surface area contributed by atoms with E-state index in [2.05, 4.69) is 5.32 Å². The van der Waals surface area contributed by atoms with Crippen molar-refractivity contribution in [3.05, 3.63) is 78.4 Å². The van der Waals surface area contributed by atoms with Crippen LogP contribution < -0.4 is 16.8 Å². The summed E-state index contributed by atoms with van der Waals surface area (Å²) < 4.78 is 0. The lowest BCUT2D eigenvalue weighted by Crippen LogP contribution is -2.48. The molecule has 3 aromatic rings. The van der Waals surface area contributed by atoms with Crippen molar-refractivity contribution in [1.82, 2.24) is 5.32 Å². The molecule has 5 N–H and O–H groups in total. The standard InChI is InChI=1S/C24H27N3O2S/c25-14-6-11-22(27-23(28)21(26)15-17-7-2-1-3-8-17)24(29)30-20-13-12-18-9-4-5-10-19(18)16-20/h1-5,7-10,12-13,16,21-22H,6,11,14-15,25-26H2,(H,27,28)/t21-,22-/m0/s1. The highest BCUT2D eigenvalue weighted by Crippen LogP contribution is 2.26. The molecule has 0 aliphatic carbocycles. The number of hydrogen-bond acceptors (Lipinski definition) is 5. The second kappa shape index (κ2) is 10.9. The lowest BCUT2D eigenvalue weighted by molar-refractivity contribution is -0.125. The second-order valence-electron chi connectivity index (χ2n) is 7.22. The number of benzene rings is 3. The van der Waals surface area contributed by atoms with Crippen LogP contribution in [0.15, 0.2) is 77.7 Å². The molecular weight excluding hydrogens is 394 g/mol. The third-order valence-corrected chi connectivity index (χ3v) is 5.85. The molecule has 156 valence electrons. The molecular formula is C24H27N3O2S. The van der Waals surface area contributed by atoms with E-state index < -0.39 is 12.1 Å². The maximum atomic E-state index is 12.9. The minimum absolute atomic E-state index is 0.112. The van der Waals surface area contributed by atoms with Gasteiger partial charge in [-0.15, -0.1) is 0 Å². The van der Waals surface area contributed by atoms with Gasteiger partial charge >= 0.3 is 0 Å². The summed E-state index contributed by atoms with van der Waals surface area (Å²) in [5.41, 5.74) is 12.7. The summed E-state index contributed by atoms with van der Waals surface area (Å²) in [5, 5.41) is 4.92. The molecule has 0 saturated carbocycles. The van der Waals surface area contributed by atoms with E-state index in [1.807, 2.05) is 72.8 Å². The van der Waals surface area contributed by atoms with E-state index >= 15 is 0 Å². The molecule has 30 heavy (non-hydrogen) atoms. The van der Waals surface area contributed by atoms with E-state index in [1.165, 1.54) is 0 Å². The molecule has 6 heteroatoms. The Bertz CT molecular complexity index is 994. The Morgan fingerprint density at radius 3 is 2.37 bits per heavy atom. The summed E-state index contributed by atoms with van der Waals surface area (Å²) in [6.07, 6.45) is 1.55. The van der Waals surface area contributed by atoms with Gasteiger partial charge in [-0.1, -0.05) is 60.7 Å². The average molecular weight is 422 g/mol. The zero-order chi connectivity index (χ0) is 21.3. The van der Waals surface area contributed by atoms with E-state index in [1.54, 1.807) is 0 Å². The highest BCUT2D eigenvalue weighted by Gasteiger charge is 2.24. The van der Waals surface area contributed by atoms with Gasteiger partial charge in [0.2, 0.25) is 11.0 Å². The molecule has 0 aliphatic heterocycles. The quantitative estimate of drug-likeness (QED) is 0.461. The van der Waals surface area contributed by atoms with Crippen molar-refractivity contribution < 1.29 is 9.59 Å². The first-order chi connectivity index (χ1) is 14.6. The Kier molecular flexibility index (Phi) is 8.02. The second-order valence-corrected chi connectivity index (χ2v) is 8.30. The van der Waals surface area contributed by atoms with Gasteiger partial charge in [0.25, 0.3) is 0 Å². The first-order valence-electron chi connectivity index (χ1n) is 10.1. The number of amides is 1. The Morgan fingerprint density at radius 1 is 0.933 bits per heavy atom. The Hall–Kier alpha value is -2.67. The SMILES string of the molecule is NCCC[C@H](NC(=O)[C@@H](N)Cc1ccccc1)C(=O)Sc1ccc2ccccc2c1. The van der Waals surface area contributed by atoms with Crippen LogP contribution in [0, 0.1) is 0 Å². The molecule has 5 nitrogen and oxygen atoms in total.